The number of carbonyl (C=O) groups is 3. The Kier molecular flexibility index (Phi) is 5.84. The fraction of sp³-hybridized carbons (Fsp3) is 0.870. The Morgan fingerprint density at radius 1 is 1.22 bits per heavy atom. The number of aldehydes is 1. The van der Waals surface area contributed by atoms with Crippen LogP contribution in [0.1, 0.15) is 85.5 Å². The van der Waals surface area contributed by atoms with Crippen molar-refractivity contribution in [1.82, 2.24) is 0 Å². The molecule has 4 nitrogen and oxygen atoms in total. The van der Waals surface area contributed by atoms with Crippen molar-refractivity contribution in [2.45, 2.75) is 91.6 Å². The van der Waals surface area contributed by atoms with Gasteiger partial charge in [-0.25, -0.2) is 0 Å². The molecule has 0 spiro atoms. The zero-order chi connectivity index (χ0) is 19.8. The molecule has 0 aromatic rings. The van der Waals surface area contributed by atoms with E-state index in [9.17, 15) is 14.4 Å². The van der Waals surface area contributed by atoms with E-state index in [0.29, 0.717) is 24.0 Å². The number of ketones is 1. The highest BCUT2D eigenvalue weighted by Gasteiger charge is 2.58. The van der Waals surface area contributed by atoms with Crippen molar-refractivity contribution in [1.29, 1.82) is 0 Å². The van der Waals surface area contributed by atoms with Gasteiger partial charge in [0.2, 0.25) is 0 Å². The average molecular weight is 377 g/mol. The van der Waals surface area contributed by atoms with Gasteiger partial charge < -0.3 is 9.53 Å². The number of hydrogen-bond donors (Lipinski definition) is 0. The Morgan fingerprint density at radius 2 is 1.96 bits per heavy atom. The molecular weight excluding hydrogens is 340 g/mol. The quantitative estimate of drug-likeness (QED) is 0.514. The number of Topliss-reactive ketones (excluding diaryl/α,β-unsaturated/α-hetero) is 1. The van der Waals surface area contributed by atoms with E-state index >= 15 is 0 Å². The van der Waals surface area contributed by atoms with Crippen molar-refractivity contribution >= 4 is 18.0 Å². The molecule has 3 saturated carbocycles. The van der Waals surface area contributed by atoms with Gasteiger partial charge in [-0.2, -0.15) is 0 Å². The van der Waals surface area contributed by atoms with Crippen molar-refractivity contribution in [3.63, 3.8) is 0 Å². The first kappa shape index (κ1) is 20.5. The lowest BCUT2D eigenvalue weighted by atomic mass is 9.46. The zero-order valence-corrected chi connectivity index (χ0v) is 17.5. The van der Waals surface area contributed by atoms with E-state index in [2.05, 4.69) is 20.8 Å². The molecule has 3 aliphatic carbocycles. The SMILES string of the molecule is CC[C@@H](CC=O)[C@@]1(C)CC[C@H]2[C@@H](CC[C@@H]3C[C@@H](OC(C)=O)CC[C@@]32C)C1=O. The van der Waals surface area contributed by atoms with Gasteiger partial charge in [0.1, 0.15) is 18.2 Å². The molecule has 0 aromatic carbocycles. The maximum Gasteiger partial charge on any atom is 0.302 e. The molecule has 3 aliphatic rings. The van der Waals surface area contributed by atoms with E-state index in [0.717, 1.165) is 57.7 Å². The molecule has 0 heterocycles. The van der Waals surface area contributed by atoms with E-state index < -0.39 is 0 Å². The molecule has 152 valence electrons. The Bertz CT molecular complexity index is 599. The van der Waals surface area contributed by atoms with Gasteiger partial charge in [-0.3, -0.25) is 9.59 Å². The number of esters is 1. The maximum absolute atomic E-state index is 13.6. The smallest absolute Gasteiger partial charge is 0.302 e. The minimum Gasteiger partial charge on any atom is -0.463 e. The predicted octanol–water partition coefficient (Wildman–Crippen LogP) is 4.74. The average Bonchev–Trinajstić information content (AvgIpc) is 2.62. The summed E-state index contributed by atoms with van der Waals surface area (Å²) in [6.45, 7) is 8.11. The van der Waals surface area contributed by atoms with Gasteiger partial charge in [-0.15, -0.1) is 0 Å². The minimum atomic E-state index is -0.338. The molecule has 0 amide bonds. The molecule has 4 heteroatoms. The highest BCUT2D eigenvalue weighted by molar-refractivity contribution is 5.88. The van der Waals surface area contributed by atoms with Gasteiger partial charge in [-0.05, 0) is 68.1 Å². The van der Waals surface area contributed by atoms with Gasteiger partial charge in [0.25, 0.3) is 0 Å². The third-order valence-corrected chi connectivity index (χ3v) is 8.63. The molecule has 3 fully saturated rings. The summed E-state index contributed by atoms with van der Waals surface area (Å²) in [4.78, 5) is 36.1. The van der Waals surface area contributed by atoms with Gasteiger partial charge >= 0.3 is 5.97 Å². The fourth-order valence-corrected chi connectivity index (χ4v) is 6.95. The van der Waals surface area contributed by atoms with E-state index in [1.165, 1.54) is 6.92 Å². The third kappa shape index (κ3) is 3.49. The van der Waals surface area contributed by atoms with Crippen LogP contribution in [0.4, 0.5) is 0 Å². The van der Waals surface area contributed by atoms with Crippen LogP contribution in [-0.2, 0) is 19.1 Å². The van der Waals surface area contributed by atoms with Crippen LogP contribution in [0.2, 0.25) is 0 Å². The van der Waals surface area contributed by atoms with Crippen LogP contribution in [0.3, 0.4) is 0 Å². The lowest BCUT2D eigenvalue weighted by molar-refractivity contribution is -0.163. The Morgan fingerprint density at radius 3 is 2.59 bits per heavy atom. The number of fused-ring (bicyclic) bond motifs is 3. The molecule has 7 atom stereocenters. The van der Waals surface area contributed by atoms with Gasteiger partial charge in [0.05, 0.1) is 0 Å². The summed E-state index contributed by atoms with van der Waals surface area (Å²) in [6.07, 6.45) is 9.38. The van der Waals surface area contributed by atoms with Gasteiger partial charge in [0.15, 0.2) is 0 Å². The first-order valence-corrected chi connectivity index (χ1v) is 10.9. The normalized spacial score (nSPS) is 42.6. The summed E-state index contributed by atoms with van der Waals surface area (Å²) >= 11 is 0. The molecule has 27 heavy (non-hydrogen) atoms. The summed E-state index contributed by atoms with van der Waals surface area (Å²) < 4.78 is 5.51. The second kappa shape index (κ2) is 7.67. The monoisotopic (exact) mass is 376 g/mol. The number of carbonyl (C=O) groups excluding carboxylic acids is 3. The van der Waals surface area contributed by atoms with Crippen LogP contribution in [0, 0.1) is 34.5 Å². The topological polar surface area (TPSA) is 60.4 Å². The van der Waals surface area contributed by atoms with Crippen LogP contribution >= 0.6 is 0 Å². The van der Waals surface area contributed by atoms with Crippen molar-refractivity contribution in [2.24, 2.45) is 34.5 Å². The summed E-state index contributed by atoms with van der Waals surface area (Å²) in [7, 11) is 0. The van der Waals surface area contributed by atoms with Crippen molar-refractivity contribution in [3.8, 4) is 0 Å². The van der Waals surface area contributed by atoms with E-state index in [1.54, 1.807) is 0 Å². The van der Waals surface area contributed by atoms with Crippen LogP contribution < -0.4 is 0 Å². The molecule has 0 N–H and O–H groups in total. The van der Waals surface area contributed by atoms with Crippen molar-refractivity contribution in [2.75, 3.05) is 0 Å². The largest absolute Gasteiger partial charge is 0.463 e. The second-order valence-electron chi connectivity index (χ2n) is 9.83. The molecule has 0 saturated heterocycles. The molecule has 0 unspecified atom stereocenters. The highest BCUT2D eigenvalue weighted by Crippen LogP contribution is 2.61. The van der Waals surface area contributed by atoms with Crippen molar-refractivity contribution < 1.29 is 19.1 Å². The van der Waals surface area contributed by atoms with Crippen LogP contribution in [0.5, 0.6) is 0 Å². The van der Waals surface area contributed by atoms with E-state index in [1.807, 2.05) is 0 Å². The molecule has 0 radical (unpaired) electrons. The Balaban J connectivity index is 1.78. The molecule has 0 bridgehead atoms. The van der Waals surface area contributed by atoms with Crippen LogP contribution in [0.25, 0.3) is 0 Å². The number of rotatable bonds is 5. The maximum atomic E-state index is 13.6. The van der Waals surface area contributed by atoms with Crippen molar-refractivity contribution in [3.05, 3.63) is 0 Å². The zero-order valence-electron chi connectivity index (χ0n) is 17.5. The first-order chi connectivity index (χ1) is 12.8. The van der Waals surface area contributed by atoms with Gasteiger partial charge in [-0.1, -0.05) is 27.2 Å². The summed E-state index contributed by atoms with van der Waals surface area (Å²) in [5.41, 5.74) is -0.155. The highest BCUT2D eigenvalue weighted by atomic mass is 16.5. The van der Waals surface area contributed by atoms with E-state index in [4.69, 9.17) is 4.74 Å². The summed E-state index contributed by atoms with van der Waals surface area (Å²) in [5, 5.41) is 0. The van der Waals surface area contributed by atoms with Crippen LogP contribution in [0.15, 0.2) is 0 Å². The summed E-state index contributed by atoms with van der Waals surface area (Å²) in [5.74, 6) is 1.57. The lowest BCUT2D eigenvalue weighted by Gasteiger charge is -2.58. The van der Waals surface area contributed by atoms with E-state index in [-0.39, 0.29) is 34.7 Å². The molecular formula is C23H36O4. The lowest BCUT2D eigenvalue weighted by Crippen LogP contribution is -2.56. The Labute approximate surface area is 163 Å². The standard InChI is InChI=1S/C23H36O4/c1-5-16(10-13-24)23(4)12-9-20-19(21(23)26)7-6-17-14-18(27-15(2)25)8-11-22(17,20)3/h13,16-20H,5-12,14H2,1-4H3/t16-,17+,18-,19+,20-,22-,23+/m0/s1. The molecule has 0 aromatic heterocycles. The van der Waals surface area contributed by atoms with Crippen LogP contribution in [-0.4, -0.2) is 24.1 Å². The molecule has 0 aliphatic heterocycles. The minimum absolute atomic E-state index is 0.0544. The van der Waals surface area contributed by atoms with Gasteiger partial charge in [0, 0.05) is 24.7 Å². The first-order valence-electron chi connectivity index (χ1n) is 10.9. The number of ether oxygens (including phenoxy) is 1. The predicted molar refractivity (Wildman–Crippen MR) is 104 cm³/mol. The Hall–Kier alpha value is -1.19. The summed E-state index contributed by atoms with van der Waals surface area (Å²) in [6, 6.07) is 0. The molecule has 3 rings (SSSR count). The number of hydrogen-bond acceptors (Lipinski definition) is 4. The fourth-order valence-electron chi connectivity index (χ4n) is 6.95. The third-order valence-electron chi connectivity index (χ3n) is 8.63. The second-order valence-corrected chi connectivity index (χ2v) is 9.83.